The van der Waals surface area contributed by atoms with E-state index < -0.39 is 0 Å². The van der Waals surface area contributed by atoms with Crippen LogP contribution >= 0.6 is 0 Å². The number of para-hydroxylation sites is 1. The minimum atomic E-state index is -0.211. The molecule has 3 nitrogen and oxygen atoms in total. The van der Waals surface area contributed by atoms with Gasteiger partial charge in [0.25, 0.3) is 0 Å². The standard InChI is InChI=1S/C17H21NO2/c1-2-17(11-5-6-12-17)16(20)18-15-10-4-3-8-14(15)9-7-13-19/h3-4,8,10,19H,2,5-6,11-13H2,1H3,(H,18,20). The van der Waals surface area contributed by atoms with Crippen LogP contribution in [-0.2, 0) is 4.79 Å². The molecule has 1 aromatic carbocycles. The Hall–Kier alpha value is -1.79. The van der Waals surface area contributed by atoms with E-state index in [2.05, 4.69) is 24.1 Å². The number of carbonyl (C=O) groups excluding carboxylic acids is 1. The number of aliphatic hydroxyl groups is 1. The predicted octanol–water partition coefficient (Wildman–Crippen LogP) is 2.94. The van der Waals surface area contributed by atoms with Gasteiger partial charge in [-0.3, -0.25) is 4.79 Å². The second-order valence-electron chi connectivity index (χ2n) is 5.30. The Morgan fingerprint density at radius 1 is 1.35 bits per heavy atom. The van der Waals surface area contributed by atoms with Gasteiger partial charge in [-0.1, -0.05) is 43.7 Å². The summed E-state index contributed by atoms with van der Waals surface area (Å²) in [6.45, 7) is 1.91. The summed E-state index contributed by atoms with van der Waals surface area (Å²) in [5.41, 5.74) is 1.27. The fourth-order valence-corrected chi connectivity index (χ4v) is 2.88. The van der Waals surface area contributed by atoms with Gasteiger partial charge < -0.3 is 10.4 Å². The molecule has 0 atom stereocenters. The summed E-state index contributed by atoms with van der Waals surface area (Å²) in [6, 6.07) is 7.47. The molecule has 2 N–H and O–H groups in total. The highest BCUT2D eigenvalue weighted by atomic mass is 16.2. The van der Waals surface area contributed by atoms with Crippen molar-refractivity contribution in [3.63, 3.8) is 0 Å². The molecule has 1 amide bonds. The molecule has 1 fully saturated rings. The van der Waals surface area contributed by atoms with Gasteiger partial charge in [-0.15, -0.1) is 0 Å². The molecular formula is C17H21NO2. The quantitative estimate of drug-likeness (QED) is 0.830. The fourth-order valence-electron chi connectivity index (χ4n) is 2.88. The van der Waals surface area contributed by atoms with Crippen molar-refractivity contribution < 1.29 is 9.90 Å². The van der Waals surface area contributed by atoms with Gasteiger partial charge in [-0.25, -0.2) is 0 Å². The van der Waals surface area contributed by atoms with Crippen molar-refractivity contribution in [2.75, 3.05) is 11.9 Å². The third-order valence-electron chi connectivity index (χ3n) is 4.20. The van der Waals surface area contributed by atoms with Crippen LogP contribution in [0.15, 0.2) is 24.3 Å². The van der Waals surface area contributed by atoms with Crippen LogP contribution in [0.3, 0.4) is 0 Å². The summed E-state index contributed by atoms with van der Waals surface area (Å²) in [6.07, 6.45) is 5.09. The van der Waals surface area contributed by atoms with Crippen molar-refractivity contribution in [1.29, 1.82) is 0 Å². The lowest BCUT2D eigenvalue weighted by atomic mass is 9.82. The Morgan fingerprint density at radius 3 is 2.70 bits per heavy atom. The zero-order chi connectivity index (χ0) is 14.4. The van der Waals surface area contributed by atoms with E-state index in [0.29, 0.717) is 0 Å². The average molecular weight is 271 g/mol. The minimum Gasteiger partial charge on any atom is -0.384 e. The van der Waals surface area contributed by atoms with Gasteiger partial charge in [0.15, 0.2) is 0 Å². The number of anilines is 1. The molecule has 2 rings (SSSR count). The largest absolute Gasteiger partial charge is 0.384 e. The van der Waals surface area contributed by atoms with Crippen molar-refractivity contribution >= 4 is 11.6 Å². The van der Waals surface area contributed by atoms with Crippen LogP contribution in [0.4, 0.5) is 5.69 Å². The molecule has 0 bridgehead atoms. The average Bonchev–Trinajstić information content (AvgIpc) is 2.96. The molecule has 3 heteroatoms. The number of benzene rings is 1. The summed E-state index contributed by atoms with van der Waals surface area (Å²) in [5, 5.41) is 11.8. The van der Waals surface area contributed by atoms with Crippen LogP contribution < -0.4 is 5.32 Å². The second-order valence-corrected chi connectivity index (χ2v) is 5.30. The van der Waals surface area contributed by atoms with Crippen LogP contribution in [0, 0.1) is 17.3 Å². The first-order chi connectivity index (χ1) is 9.72. The van der Waals surface area contributed by atoms with Crippen molar-refractivity contribution in [3.8, 4) is 11.8 Å². The van der Waals surface area contributed by atoms with Crippen molar-refractivity contribution in [3.05, 3.63) is 29.8 Å². The molecule has 0 heterocycles. The predicted molar refractivity (Wildman–Crippen MR) is 80.2 cm³/mol. The lowest BCUT2D eigenvalue weighted by Gasteiger charge is -2.26. The number of hydrogen-bond donors (Lipinski definition) is 2. The van der Waals surface area contributed by atoms with Crippen molar-refractivity contribution in [2.45, 2.75) is 39.0 Å². The smallest absolute Gasteiger partial charge is 0.230 e. The SMILES string of the molecule is CCC1(C(=O)Nc2ccccc2C#CCO)CCCC1. The number of hydrogen-bond acceptors (Lipinski definition) is 2. The molecule has 0 unspecified atom stereocenters. The van der Waals surface area contributed by atoms with Gasteiger partial charge in [0.2, 0.25) is 5.91 Å². The third-order valence-corrected chi connectivity index (χ3v) is 4.20. The monoisotopic (exact) mass is 271 g/mol. The first-order valence-corrected chi connectivity index (χ1v) is 7.22. The summed E-state index contributed by atoms with van der Waals surface area (Å²) in [5.74, 6) is 5.61. The van der Waals surface area contributed by atoms with E-state index in [1.807, 2.05) is 24.3 Å². The molecule has 20 heavy (non-hydrogen) atoms. The van der Waals surface area contributed by atoms with Crippen molar-refractivity contribution in [1.82, 2.24) is 0 Å². The maximum Gasteiger partial charge on any atom is 0.230 e. The molecule has 106 valence electrons. The molecule has 1 aliphatic carbocycles. The molecule has 1 aromatic rings. The summed E-state index contributed by atoms with van der Waals surface area (Å²) >= 11 is 0. The summed E-state index contributed by atoms with van der Waals surface area (Å²) in [7, 11) is 0. The number of nitrogens with one attached hydrogen (secondary N) is 1. The van der Waals surface area contributed by atoms with Gasteiger partial charge >= 0.3 is 0 Å². The number of aliphatic hydroxyl groups excluding tert-OH is 1. The van der Waals surface area contributed by atoms with E-state index in [0.717, 1.165) is 43.4 Å². The van der Waals surface area contributed by atoms with E-state index in [1.165, 1.54) is 0 Å². The van der Waals surface area contributed by atoms with E-state index in [9.17, 15) is 4.79 Å². The fraction of sp³-hybridized carbons (Fsp3) is 0.471. The Labute approximate surface area is 120 Å². The van der Waals surface area contributed by atoms with E-state index in [1.54, 1.807) is 0 Å². The number of rotatable bonds is 3. The Balaban J connectivity index is 2.19. The van der Waals surface area contributed by atoms with Gasteiger partial charge in [0.1, 0.15) is 6.61 Å². The molecule has 0 spiro atoms. The second kappa shape index (κ2) is 6.58. The maximum atomic E-state index is 12.6. The third kappa shape index (κ3) is 3.02. The maximum absolute atomic E-state index is 12.6. The van der Waals surface area contributed by atoms with Crippen LogP contribution in [0.2, 0.25) is 0 Å². The number of amides is 1. The Bertz CT molecular complexity index is 533. The van der Waals surface area contributed by atoms with Crippen LogP contribution in [0.1, 0.15) is 44.6 Å². The Kier molecular flexibility index (Phi) is 4.81. The molecular weight excluding hydrogens is 250 g/mol. The molecule has 1 aliphatic rings. The highest BCUT2D eigenvalue weighted by molar-refractivity contribution is 5.96. The zero-order valence-corrected chi connectivity index (χ0v) is 11.9. The first-order valence-electron chi connectivity index (χ1n) is 7.22. The lowest BCUT2D eigenvalue weighted by Crippen LogP contribution is -2.33. The van der Waals surface area contributed by atoms with E-state index in [4.69, 9.17) is 5.11 Å². The molecule has 1 saturated carbocycles. The zero-order valence-electron chi connectivity index (χ0n) is 11.9. The minimum absolute atomic E-state index is 0.107. The topological polar surface area (TPSA) is 49.3 Å². The lowest BCUT2D eigenvalue weighted by molar-refractivity contribution is -0.125. The summed E-state index contributed by atoms with van der Waals surface area (Å²) in [4.78, 5) is 12.6. The van der Waals surface area contributed by atoms with Crippen LogP contribution in [0.5, 0.6) is 0 Å². The van der Waals surface area contributed by atoms with Gasteiger partial charge in [0, 0.05) is 11.0 Å². The van der Waals surface area contributed by atoms with Crippen LogP contribution in [0.25, 0.3) is 0 Å². The molecule has 0 aliphatic heterocycles. The van der Waals surface area contributed by atoms with Gasteiger partial charge in [-0.05, 0) is 31.4 Å². The van der Waals surface area contributed by atoms with E-state index in [-0.39, 0.29) is 17.9 Å². The molecule has 0 radical (unpaired) electrons. The Morgan fingerprint density at radius 2 is 2.05 bits per heavy atom. The highest BCUT2D eigenvalue weighted by Gasteiger charge is 2.39. The van der Waals surface area contributed by atoms with E-state index >= 15 is 0 Å². The summed E-state index contributed by atoms with van der Waals surface area (Å²) < 4.78 is 0. The van der Waals surface area contributed by atoms with Gasteiger partial charge in [-0.2, -0.15) is 0 Å². The van der Waals surface area contributed by atoms with Crippen molar-refractivity contribution in [2.24, 2.45) is 5.41 Å². The normalized spacial score (nSPS) is 16.3. The number of carbonyl (C=O) groups is 1. The van der Waals surface area contributed by atoms with Gasteiger partial charge in [0.05, 0.1) is 5.69 Å². The molecule has 0 aromatic heterocycles. The molecule has 0 saturated heterocycles. The first kappa shape index (κ1) is 14.6. The van der Waals surface area contributed by atoms with Crippen LogP contribution in [-0.4, -0.2) is 17.6 Å². The highest BCUT2D eigenvalue weighted by Crippen LogP contribution is 2.41.